The quantitative estimate of drug-likeness (QED) is 0.792. The maximum absolute atomic E-state index is 12.1. The Morgan fingerprint density at radius 2 is 2.15 bits per heavy atom. The van der Waals surface area contributed by atoms with Crippen LogP contribution in [0.5, 0.6) is 5.75 Å². The molecule has 0 atom stereocenters. The third-order valence-corrected chi connectivity index (χ3v) is 2.84. The number of anilines is 1. The zero-order chi connectivity index (χ0) is 13.9. The molecule has 2 aromatic heterocycles. The second kappa shape index (κ2) is 5.05. The van der Waals surface area contributed by atoms with Gasteiger partial charge in [-0.05, 0) is 24.3 Å². The number of ether oxygens (including phenoxy) is 1. The van der Waals surface area contributed by atoms with Crippen LogP contribution in [0.3, 0.4) is 0 Å². The highest BCUT2D eigenvalue weighted by molar-refractivity contribution is 6.04. The molecule has 1 aromatic carbocycles. The fourth-order valence-corrected chi connectivity index (χ4v) is 1.87. The van der Waals surface area contributed by atoms with Gasteiger partial charge in [-0.25, -0.2) is 0 Å². The molecule has 0 unspecified atom stereocenters. The van der Waals surface area contributed by atoms with Gasteiger partial charge in [-0.2, -0.15) is 0 Å². The predicted molar refractivity (Wildman–Crippen MR) is 75.0 cm³/mol. The summed E-state index contributed by atoms with van der Waals surface area (Å²) in [7, 11) is 1.58. The monoisotopic (exact) mass is 268 g/mol. The second-order valence-electron chi connectivity index (χ2n) is 4.18. The summed E-state index contributed by atoms with van der Waals surface area (Å²) in [6.45, 7) is 0. The first kappa shape index (κ1) is 12.2. The van der Waals surface area contributed by atoms with Crippen LogP contribution in [0.1, 0.15) is 10.6 Å². The van der Waals surface area contributed by atoms with Crippen LogP contribution in [0.15, 0.2) is 53.1 Å². The number of methoxy groups -OCH3 is 1. The number of nitrogens with one attached hydrogen (secondary N) is 1. The van der Waals surface area contributed by atoms with Crippen molar-refractivity contribution in [3.8, 4) is 5.75 Å². The number of benzene rings is 1. The zero-order valence-electron chi connectivity index (χ0n) is 10.8. The van der Waals surface area contributed by atoms with Crippen molar-refractivity contribution in [1.29, 1.82) is 0 Å². The Morgan fingerprint density at radius 3 is 2.95 bits per heavy atom. The lowest BCUT2D eigenvalue weighted by atomic mass is 10.3. The molecule has 0 saturated heterocycles. The molecule has 20 heavy (non-hydrogen) atoms. The van der Waals surface area contributed by atoms with E-state index in [0.29, 0.717) is 22.5 Å². The number of fused-ring (bicyclic) bond motifs is 1. The third-order valence-electron chi connectivity index (χ3n) is 2.84. The molecule has 3 aromatic rings. The molecule has 1 N–H and O–H groups in total. The summed E-state index contributed by atoms with van der Waals surface area (Å²) in [5.74, 6) is 0.576. The van der Waals surface area contributed by atoms with Gasteiger partial charge in [0.05, 0.1) is 7.11 Å². The largest absolute Gasteiger partial charge is 0.497 e. The van der Waals surface area contributed by atoms with Crippen LogP contribution in [0.4, 0.5) is 5.69 Å². The van der Waals surface area contributed by atoms with E-state index in [0.717, 1.165) is 0 Å². The van der Waals surface area contributed by atoms with Crippen molar-refractivity contribution >= 4 is 22.7 Å². The Balaban J connectivity index is 1.85. The maximum atomic E-state index is 12.1. The molecule has 5 nitrogen and oxygen atoms in total. The van der Waals surface area contributed by atoms with Crippen LogP contribution in [0.2, 0.25) is 0 Å². The summed E-state index contributed by atoms with van der Waals surface area (Å²) in [4.78, 5) is 16.2. The fraction of sp³-hybridized carbons (Fsp3) is 0.0667. The fourth-order valence-electron chi connectivity index (χ4n) is 1.87. The van der Waals surface area contributed by atoms with Gasteiger partial charge in [0, 0.05) is 24.0 Å². The first-order valence-corrected chi connectivity index (χ1v) is 6.06. The molecule has 0 spiro atoms. The van der Waals surface area contributed by atoms with Gasteiger partial charge in [-0.15, -0.1) is 0 Å². The molecule has 0 saturated carbocycles. The van der Waals surface area contributed by atoms with Crippen LogP contribution in [0.25, 0.3) is 11.1 Å². The van der Waals surface area contributed by atoms with Gasteiger partial charge in [0.1, 0.15) is 11.3 Å². The predicted octanol–water partition coefficient (Wildman–Crippen LogP) is 3.09. The Labute approximate surface area is 115 Å². The normalized spacial score (nSPS) is 10.4. The Kier molecular flexibility index (Phi) is 3.09. The van der Waals surface area contributed by atoms with Crippen LogP contribution in [0, 0.1) is 0 Å². The Hall–Kier alpha value is -2.82. The summed E-state index contributed by atoms with van der Waals surface area (Å²) in [6.07, 6.45) is 1.65. The van der Waals surface area contributed by atoms with Crippen molar-refractivity contribution in [2.24, 2.45) is 0 Å². The number of furan rings is 1. The molecule has 100 valence electrons. The van der Waals surface area contributed by atoms with E-state index in [1.54, 1.807) is 55.8 Å². The number of carbonyl (C=O) groups excluding carboxylic acids is 1. The molecular formula is C15H12N2O3. The number of aromatic nitrogens is 1. The highest BCUT2D eigenvalue weighted by Gasteiger charge is 2.13. The number of carbonyl (C=O) groups is 1. The van der Waals surface area contributed by atoms with Crippen LogP contribution in [-0.2, 0) is 0 Å². The summed E-state index contributed by atoms with van der Waals surface area (Å²) < 4.78 is 10.6. The number of pyridine rings is 1. The van der Waals surface area contributed by atoms with E-state index in [2.05, 4.69) is 10.3 Å². The lowest BCUT2D eigenvalue weighted by Gasteiger charge is -2.05. The van der Waals surface area contributed by atoms with E-state index in [1.807, 2.05) is 0 Å². The van der Waals surface area contributed by atoms with Gasteiger partial charge in [0.15, 0.2) is 11.3 Å². The molecular weight excluding hydrogens is 256 g/mol. The molecule has 0 aliphatic rings. The minimum absolute atomic E-state index is 0.224. The van der Waals surface area contributed by atoms with Crippen molar-refractivity contribution < 1.29 is 13.9 Å². The lowest BCUT2D eigenvalue weighted by molar-refractivity contribution is 0.0998. The molecule has 5 heteroatoms. The summed E-state index contributed by atoms with van der Waals surface area (Å²) in [5.41, 5.74) is 1.88. The molecule has 1 amide bonds. The minimum atomic E-state index is -0.323. The second-order valence-corrected chi connectivity index (χ2v) is 4.18. The maximum Gasteiger partial charge on any atom is 0.291 e. The standard InChI is InChI=1S/C15H12N2O3/c1-19-11-5-2-4-10(8-11)17-15(18)14-9-12-13(20-14)6-3-7-16-12/h2-9H,1H3,(H,17,18). The van der Waals surface area contributed by atoms with Gasteiger partial charge in [0.2, 0.25) is 0 Å². The first-order valence-electron chi connectivity index (χ1n) is 6.06. The molecule has 0 aliphatic heterocycles. The van der Waals surface area contributed by atoms with Gasteiger partial charge in [-0.1, -0.05) is 6.07 Å². The van der Waals surface area contributed by atoms with Gasteiger partial charge >= 0.3 is 0 Å². The Morgan fingerprint density at radius 1 is 1.25 bits per heavy atom. The Bertz CT molecular complexity index is 731. The smallest absolute Gasteiger partial charge is 0.291 e. The van der Waals surface area contributed by atoms with Crippen LogP contribution >= 0.6 is 0 Å². The lowest BCUT2D eigenvalue weighted by Crippen LogP contribution is -2.10. The summed E-state index contributed by atoms with van der Waals surface area (Å²) >= 11 is 0. The number of rotatable bonds is 3. The van der Waals surface area contributed by atoms with Crippen molar-refractivity contribution in [3.63, 3.8) is 0 Å². The third kappa shape index (κ3) is 2.33. The zero-order valence-corrected chi connectivity index (χ0v) is 10.8. The minimum Gasteiger partial charge on any atom is -0.497 e. The van der Waals surface area contributed by atoms with Crippen LogP contribution in [-0.4, -0.2) is 18.0 Å². The van der Waals surface area contributed by atoms with E-state index in [1.165, 1.54) is 0 Å². The van der Waals surface area contributed by atoms with E-state index in [4.69, 9.17) is 9.15 Å². The highest BCUT2D eigenvalue weighted by atomic mass is 16.5. The average molecular weight is 268 g/mol. The van der Waals surface area contributed by atoms with Gasteiger partial charge in [-0.3, -0.25) is 9.78 Å². The number of hydrogen-bond donors (Lipinski definition) is 1. The number of nitrogens with zero attached hydrogens (tertiary/aromatic N) is 1. The molecule has 3 rings (SSSR count). The first-order chi connectivity index (χ1) is 9.76. The molecule has 0 radical (unpaired) electrons. The number of hydrogen-bond acceptors (Lipinski definition) is 4. The van der Waals surface area contributed by atoms with Gasteiger partial charge < -0.3 is 14.5 Å². The van der Waals surface area contributed by atoms with Gasteiger partial charge in [0.25, 0.3) is 5.91 Å². The summed E-state index contributed by atoms with van der Waals surface area (Å²) in [6, 6.07) is 12.3. The van der Waals surface area contributed by atoms with Crippen molar-refractivity contribution in [1.82, 2.24) is 4.98 Å². The van der Waals surface area contributed by atoms with E-state index >= 15 is 0 Å². The van der Waals surface area contributed by atoms with E-state index < -0.39 is 0 Å². The average Bonchev–Trinajstić information content (AvgIpc) is 2.91. The summed E-state index contributed by atoms with van der Waals surface area (Å²) in [5, 5.41) is 2.75. The van der Waals surface area contributed by atoms with E-state index in [-0.39, 0.29) is 11.7 Å². The van der Waals surface area contributed by atoms with Crippen molar-refractivity contribution in [2.75, 3.05) is 12.4 Å². The molecule has 0 bridgehead atoms. The van der Waals surface area contributed by atoms with Crippen molar-refractivity contribution in [3.05, 3.63) is 54.4 Å². The SMILES string of the molecule is COc1cccc(NC(=O)c2cc3ncccc3o2)c1. The molecule has 0 fully saturated rings. The highest BCUT2D eigenvalue weighted by Crippen LogP contribution is 2.20. The van der Waals surface area contributed by atoms with Crippen LogP contribution < -0.4 is 10.1 Å². The van der Waals surface area contributed by atoms with E-state index in [9.17, 15) is 4.79 Å². The number of amides is 1. The molecule has 0 aliphatic carbocycles. The topological polar surface area (TPSA) is 64.4 Å². The molecule has 2 heterocycles. The van der Waals surface area contributed by atoms with Crippen molar-refractivity contribution in [2.45, 2.75) is 0 Å².